The molecular weight excluding hydrogens is 399 g/mol. The Morgan fingerprint density at radius 2 is 2.00 bits per heavy atom. The SMILES string of the molecule is O=C(Nc1cc(Cl)ccc1O)c1ccn(COc2cccc(C(F)(F)F)c2)n1. The van der Waals surface area contributed by atoms with E-state index in [0.29, 0.717) is 5.02 Å². The second-order valence-electron chi connectivity index (χ2n) is 5.66. The van der Waals surface area contributed by atoms with Crippen LogP contribution in [0.1, 0.15) is 16.1 Å². The number of hydrogen-bond donors (Lipinski definition) is 2. The van der Waals surface area contributed by atoms with Gasteiger partial charge in [0.25, 0.3) is 5.91 Å². The van der Waals surface area contributed by atoms with E-state index in [0.717, 1.165) is 12.1 Å². The molecule has 3 rings (SSSR count). The fourth-order valence-electron chi connectivity index (χ4n) is 2.25. The molecule has 28 heavy (non-hydrogen) atoms. The molecule has 1 aromatic heterocycles. The van der Waals surface area contributed by atoms with Crippen LogP contribution in [0, 0.1) is 0 Å². The van der Waals surface area contributed by atoms with Gasteiger partial charge in [0.15, 0.2) is 12.4 Å². The molecular formula is C18H13ClF3N3O3. The molecule has 0 saturated heterocycles. The Hall–Kier alpha value is -3.20. The Labute approximate surface area is 162 Å². The number of hydrogen-bond acceptors (Lipinski definition) is 4. The number of nitrogens with one attached hydrogen (secondary N) is 1. The van der Waals surface area contributed by atoms with Crippen LogP contribution < -0.4 is 10.1 Å². The number of aromatic nitrogens is 2. The standard InChI is InChI=1S/C18H13ClF3N3O3/c19-12-4-5-16(26)15(9-12)23-17(27)14-6-7-25(24-14)10-28-13-3-1-2-11(8-13)18(20,21)22/h1-9,26H,10H2,(H,23,27). The van der Waals surface area contributed by atoms with Gasteiger partial charge in [-0.15, -0.1) is 0 Å². The number of amides is 1. The van der Waals surface area contributed by atoms with Crippen LogP contribution >= 0.6 is 11.6 Å². The van der Waals surface area contributed by atoms with E-state index in [-0.39, 0.29) is 29.6 Å². The first kappa shape index (κ1) is 19.6. The van der Waals surface area contributed by atoms with Gasteiger partial charge in [0, 0.05) is 11.2 Å². The number of phenols is 1. The smallest absolute Gasteiger partial charge is 0.416 e. The predicted octanol–water partition coefficient (Wildman–Crippen LogP) is 4.55. The van der Waals surface area contributed by atoms with E-state index in [1.54, 1.807) is 0 Å². The first-order valence-corrected chi connectivity index (χ1v) is 8.23. The number of anilines is 1. The van der Waals surface area contributed by atoms with Crippen molar-refractivity contribution >= 4 is 23.2 Å². The number of phenolic OH excluding ortho intramolecular Hbond substituents is 1. The summed E-state index contributed by atoms with van der Waals surface area (Å²) < 4.78 is 44.7. The van der Waals surface area contributed by atoms with E-state index >= 15 is 0 Å². The van der Waals surface area contributed by atoms with Gasteiger partial charge in [0.05, 0.1) is 11.3 Å². The maximum Gasteiger partial charge on any atom is 0.416 e. The van der Waals surface area contributed by atoms with Gasteiger partial charge in [-0.3, -0.25) is 4.79 Å². The molecule has 6 nitrogen and oxygen atoms in total. The highest BCUT2D eigenvalue weighted by atomic mass is 35.5. The molecule has 0 fully saturated rings. The third kappa shape index (κ3) is 4.74. The molecule has 0 radical (unpaired) electrons. The third-order valence-electron chi connectivity index (χ3n) is 3.60. The van der Waals surface area contributed by atoms with E-state index in [4.69, 9.17) is 16.3 Å². The van der Waals surface area contributed by atoms with Gasteiger partial charge in [-0.05, 0) is 42.5 Å². The number of nitrogens with zero attached hydrogens (tertiary/aromatic N) is 2. The molecule has 0 spiro atoms. The normalized spacial score (nSPS) is 11.3. The van der Waals surface area contributed by atoms with Crippen molar-refractivity contribution in [1.82, 2.24) is 9.78 Å². The number of benzene rings is 2. The van der Waals surface area contributed by atoms with Crippen LogP contribution in [0.4, 0.5) is 18.9 Å². The fraction of sp³-hybridized carbons (Fsp3) is 0.111. The molecule has 0 aliphatic carbocycles. The Bertz CT molecular complexity index is 1000. The maximum atomic E-state index is 12.7. The molecule has 1 amide bonds. The lowest BCUT2D eigenvalue weighted by atomic mass is 10.2. The van der Waals surface area contributed by atoms with Crippen molar-refractivity contribution in [3.63, 3.8) is 0 Å². The summed E-state index contributed by atoms with van der Waals surface area (Å²) >= 11 is 5.82. The number of carbonyl (C=O) groups excluding carboxylic acids is 1. The van der Waals surface area contributed by atoms with Crippen molar-refractivity contribution in [3.8, 4) is 11.5 Å². The van der Waals surface area contributed by atoms with Crippen LogP contribution in [0.2, 0.25) is 5.02 Å². The maximum absolute atomic E-state index is 12.7. The Morgan fingerprint density at radius 1 is 1.21 bits per heavy atom. The molecule has 1 heterocycles. The van der Waals surface area contributed by atoms with Gasteiger partial charge in [-0.25, -0.2) is 4.68 Å². The molecule has 0 bridgehead atoms. The van der Waals surface area contributed by atoms with E-state index in [2.05, 4.69) is 10.4 Å². The van der Waals surface area contributed by atoms with Gasteiger partial charge in [-0.2, -0.15) is 18.3 Å². The number of rotatable bonds is 5. The predicted molar refractivity (Wildman–Crippen MR) is 95.4 cm³/mol. The average Bonchev–Trinajstić information content (AvgIpc) is 3.12. The van der Waals surface area contributed by atoms with E-state index < -0.39 is 17.6 Å². The van der Waals surface area contributed by atoms with Crippen LogP contribution in [0.25, 0.3) is 0 Å². The summed E-state index contributed by atoms with van der Waals surface area (Å²) in [6, 6.07) is 10.0. The lowest BCUT2D eigenvalue weighted by Gasteiger charge is -2.10. The zero-order chi connectivity index (χ0) is 20.3. The molecule has 10 heteroatoms. The highest BCUT2D eigenvalue weighted by Crippen LogP contribution is 2.31. The topological polar surface area (TPSA) is 76.4 Å². The minimum atomic E-state index is -4.47. The van der Waals surface area contributed by atoms with E-state index in [1.165, 1.54) is 47.3 Å². The van der Waals surface area contributed by atoms with Crippen molar-refractivity contribution in [2.24, 2.45) is 0 Å². The molecule has 0 aliphatic rings. The van der Waals surface area contributed by atoms with Crippen molar-refractivity contribution in [3.05, 3.63) is 71.0 Å². The van der Waals surface area contributed by atoms with Gasteiger partial charge in [-0.1, -0.05) is 17.7 Å². The zero-order valence-corrected chi connectivity index (χ0v) is 14.8. The number of aromatic hydroxyl groups is 1. The summed E-state index contributed by atoms with van der Waals surface area (Å²) in [6.45, 7) is -0.197. The van der Waals surface area contributed by atoms with Crippen molar-refractivity contribution in [2.75, 3.05) is 5.32 Å². The molecule has 0 aliphatic heterocycles. The summed E-state index contributed by atoms with van der Waals surface area (Å²) in [4.78, 5) is 12.2. The van der Waals surface area contributed by atoms with Crippen molar-refractivity contribution < 1.29 is 27.8 Å². The Morgan fingerprint density at radius 3 is 2.75 bits per heavy atom. The molecule has 3 aromatic rings. The van der Waals surface area contributed by atoms with Gasteiger partial charge in [0.2, 0.25) is 0 Å². The average molecular weight is 412 g/mol. The van der Waals surface area contributed by atoms with Gasteiger partial charge < -0.3 is 15.2 Å². The lowest BCUT2D eigenvalue weighted by Crippen LogP contribution is -2.14. The highest BCUT2D eigenvalue weighted by Gasteiger charge is 2.30. The summed E-state index contributed by atoms with van der Waals surface area (Å²) in [5.74, 6) is -0.749. The molecule has 2 aromatic carbocycles. The largest absolute Gasteiger partial charge is 0.506 e. The van der Waals surface area contributed by atoms with Crippen molar-refractivity contribution in [2.45, 2.75) is 12.9 Å². The molecule has 0 atom stereocenters. The minimum Gasteiger partial charge on any atom is -0.506 e. The second kappa shape index (κ2) is 7.81. The summed E-state index contributed by atoms with van der Waals surface area (Å²) in [6.07, 6.45) is -3.04. The monoisotopic (exact) mass is 411 g/mol. The fourth-order valence-corrected chi connectivity index (χ4v) is 2.42. The molecule has 146 valence electrons. The number of halogens is 4. The van der Waals surface area contributed by atoms with Gasteiger partial charge >= 0.3 is 6.18 Å². The summed E-state index contributed by atoms with van der Waals surface area (Å²) in [5.41, 5.74) is -0.689. The quantitative estimate of drug-likeness (QED) is 0.604. The summed E-state index contributed by atoms with van der Waals surface area (Å²) in [5, 5.41) is 16.5. The Balaban J connectivity index is 1.64. The molecule has 2 N–H and O–H groups in total. The van der Waals surface area contributed by atoms with E-state index in [1.807, 2.05) is 0 Å². The van der Waals surface area contributed by atoms with Gasteiger partial charge in [0.1, 0.15) is 11.5 Å². The Kier molecular flexibility index (Phi) is 5.46. The molecule has 0 saturated carbocycles. The highest BCUT2D eigenvalue weighted by molar-refractivity contribution is 6.31. The van der Waals surface area contributed by atoms with Crippen molar-refractivity contribution in [1.29, 1.82) is 0 Å². The first-order valence-electron chi connectivity index (χ1n) is 7.86. The number of ether oxygens (including phenoxy) is 1. The zero-order valence-electron chi connectivity index (χ0n) is 14.1. The van der Waals surface area contributed by atoms with E-state index in [9.17, 15) is 23.1 Å². The van der Waals surface area contributed by atoms with Crippen LogP contribution in [0.15, 0.2) is 54.7 Å². The number of carbonyl (C=O) groups is 1. The second-order valence-corrected chi connectivity index (χ2v) is 6.09. The number of alkyl halides is 3. The minimum absolute atomic E-state index is 0.0141. The van der Waals surface area contributed by atoms with Crippen LogP contribution in [-0.4, -0.2) is 20.8 Å². The van der Waals surface area contributed by atoms with Crippen LogP contribution in [0.5, 0.6) is 11.5 Å². The molecule has 0 unspecified atom stereocenters. The third-order valence-corrected chi connectivity index (χ3v) is 3.84. The van der Waals surface area contributed by atoms with Crippen LogP contribution in [-0.2, 0) is 12.9 Å². The summed E-state index contributed by atoms with van der Waals surface area (Å²) in [7, 11) is 0. The lowest BCUT2D eigenvalue weighted by molar-refractivity contribution is -0.137. The van der Waals surface area contributed by atoms with Crippen LogP contribution in [0.3, 0.4) is 0 Å². The first-order chi connectivity index (χ1) is 13.2.